The molecule has 1 heterocycles. The summed E-state index contributed by atoms with van der Waals surface area (Å²) in [5.41, 5.74) is 1.81. The summed E-state index contributed by atoms with van der Waals surface area (Å²) in [5.74, 6) is 0. The third-order valence-electron chi connectivity index (χ3n) is 4.98. The van der Waals surface area contributed by atoms with E-state index in [9.17, 15) is 0 Å². The maximum absolute atomic E-state index is 4.08. The van der Waals surface area contributed by atoms with Crippen LogP contribution in [0.15, 0.2) is 24.5 Å². The van der Waals surface area contributed by atoms with Gasteiger partial charge < -0.3 is 10.2 Å². The highest BCUT2D eigenvalue weighted by atomic mass is 15.1. The highest BCUT2D eigenvalue weighted by Crippen LogP contribution is 2.29. The van der Waals surface area contributed by atoms with Gasteiger partial charge in [-0.3, -0.25) is 4.98 Å². The third-order valence-corrected chi connectivity index (χ3v) is 4.98. The molecule has 1 aliphatic carbocycles. The predicted molar refractivity (Wildman–Crippen MR) is 89.5 cm³/mol. The minimum Gasteiger partial charge on any atom is -0.313 e. The Morgan fingerprint density at radius 1 is 1.24 bits per heavy atom. The predicted octanol–water partition coefficient (Wildman–Crippen LogP) is 3.11. The second-order valence-corrected chi connectivity index (χ2v) is 6.71. The van der Waals surface area contributed by atoms with Gasteiger partial charge in [0.2, 0.25) is 0 Å². The van der Waals surface area contributed by atoms with E-state index >= 15 is 0 Å². The molecule has 21 heavy (non-hydrogen) atoms. The Balaban J connectivity index is 1.80. The van der Waals surface area contributed by atoms with Gasteiger partial charge >= 0.3 is 0 Å². The number of aromatic nitrogens is 1. The summed E-state index contributed by atoms with van der Waals surface area (Å²) in [5, 5.41) is 3.74. The van der Waals surface area contributed by atoms with Crippen molar-refractivity contribution in [3.05, 3.63) is 30.1 Å². The molecule has 118 valence electrons. The molecule has 1 fully saturated rings. The van der Waals surface area contributed by atoms with E-state index in [1.807, 2.05) is 12.4 Å². The zero-order valence-corrected chi connectivity index (χ0v) is 13.9. The van der Waals surface area contributed by atoms with Gasteiger partial charge in [-0.25, -0.2) is 0 Å². The lowest BCUT2D eigenvalue weighted by molar-refractivity contribution is 0.155. The Bertz CT molecular complexity index is 396. The summed E-state index contributed by atoms with van der Waals surface area (Å²) in [4.78, 5) is 6.59. The molecule has 1 N–H and O–H groups in total. The van der Waals surface area contributed by atoms with Crippen LogP contribution in [0.1, 0.15) is 45.1 Å². The third kappa shape index (κ3) is 5.40. The van der Waals surface area contributed by atoms with Gasteiger partial charge in [-0.15, -0.1) is 0 Å². The van der Waals surface area contributed by atoms with Gasteiger partial charge in [0.15, 0.2) is 0 Å². The molecular formula is C18H31N3. The monoisotopic (exact) mass is 289 g/mol. The van der Waals surface area contributed by atoms with Crippen LogP contribution in [0.5, 0.6) is 0 Å². The Hall–Kier alpha value is -0.930. The van der Waals surface area contributed by atoms with Gasteiger partial charge in [-0.05, 0) is 62.3 Å². The molecule has 0 spiro atoms. The van der Waals surface area contributed by atoms with Crippen LogP contribution in [0.4, 0.5) is 0 Å². The van der Waals surface area contributed by atoms with E-state index in [0.29, 0.717) is 5.41 Å². The molecule has 1 aliphatic rings. The Labute approximate surface area is 130 Å². The first-order chi connectivity index (χ1) is 10.2. The molecule has 1 aromatic heterocycles. The van der Waals surface area contributed by atoms with Crippen molar-refractivity contribution in [2.75, 3.05) is 26.7 Å². The zero-order chi connectivity index (χ0) is 15.1. The van der Waals surface area contributed by atoms with Gasteiger partial charge in [0, 0.05) is 38.1 Å². The molecule has 0 saturated heterocycles. The van der Waals surface area contributed by atoms with Crippen LogP contribution < -0.4 is 5.32 Å². The first kappa shape index (κ1) is 16.4. The van der Waals surface area contributed by atoms with Gasteiger partial charge in [0.1, 0.15) is 0 Å². The van der Waals surface area contributed by atoms with Gasteiger partial charge in [-0.2, -0.15) is 0 Å². The molecule has 0 radical (unpaired) electrons. The summed E-state index contributed by atoms with van der Waals surface area (Å²) in [7, 11) is 2.26. The lowest BCUT2D eigenvalue weighted by atomic mass is 9.81. The molecule has 1 aromatic rings. The van der Waals surface area contributed by atoms with Crippen molar-refractivity contribution in [1.29, 1.82) is 0 Å². The van der Waals surface area contributed by atoms with Crippen molar-refractivity contribution >= 4 is 0 Å². The van der Waals surface area contributed by atoms with Gasteiger partial charge in [0.25, 0.3) is 0 Å². The van der Waals surface area contributed by atoms with Crippen LogP contribution >= 0.6 is 0 Å². The van der Waals surface area contributed by atoms with Crippen molar-refractivity contribution in [2.24, 2.45) is 5.41 Å². The lowest BCUT2D eigenvalue weighted by Gasteiger charge is -2.36. The minimum atomic E-state index is 0.426. The number of hydrogen-bond acceptors (Lipinski definition) is 3. The molecule has 3 nitrogen and oxygen atoms in total. The van der Waals surface area contributed by atoms with E-state index in [-0.39, 0.29) is 0 Å². The summed E-state index contributed by atoms with van der Waals surface area (Å²) in [6, 6.07) is 5.05. The highest BCUT2D eigenvalue weighted by Gasteiger charge is 2.30. The molecule has 3 heteroatoms. The molecule has 0 atom stereocenters. The zero-order valence-electron chi connectivity index (χ0n) is 13.9. The van der Waals surface area contributed by atoms with Crippen molar-refractivity contribution < 1.29 is 0 Å². The topological polar surface area (TPSA) is 28.2 Å². The van der Waals surface area contributed by atoms with E-state index in [1.165, 1.54) is 44.3 Å². The molecule has 0 bridgehead atoms. The maximum atomic E-state index is 4.08. The summed E-state index contributed by atoms with van der Waals surface area (Å²) < 4.78 is 0. The normalized spacial score (nSPS) is 15.6. The fourth-order valence-electron chi connectivity index (χ4n) is 2.95. The van der Waals surface area contributed by atoms with Crippen LogP contribution in [0.2, 0.25) is 0 Å². The molecule has 0 amide bonds. The van der Waals surface area contributed by atoms with Crippen molar-refractivity contribution in [2.45, 2.75) is 52.0 Å². The molecule has 0 aliphatic heterocycles. The van der Waals surface area contributed by atoms with Gasteiger partial charge in [-0.1, -0.05) is 13.8 Å². The van der Waals surface area contributed by atoms with E-state index in [0.717, 1.165) is 19.0 Å². The van der Waals surface area contributed by atoms with Crippen LogP contribution in [0.25, 0.3) is 0 Å². The highest BCUT2D eigenvalue weighted by molar-refractivity contribution is 5.09. The largest absolute Gasteiger partial charge is 0.313 e. The average Bonchev–Trinajstić information content (AvgIpc) is 3.35. The maximum Gasteiger partial charge on any atom is 0.0270 e. The van der Waals surface area contributed by atoms with Crippen molar-refractivity contribution in [1.82, 2.24) is 15.2 Å². The minimum absolute atomic E-state index is 0.426. The lowest BCUT2D eigenvalue weighted by Crippen LogP contribution is -2.43. The van der Waals surface area contributed by atoms with Crippen LogP contribution in [0.3, 0.4) is 0 Å². The molecule has 0 unspecified atom stereocenters. The fourth-order valence-corrected chi connectivity index (χ4v) is 2.95. The summed E-state index contributed by atoms with van der Waals surface area (Å²) >= 11 is 0. The number of likely N-dealkylation sites (N-methyl/N-ethyl adjacent to an activating group) is 1. The van der Waals surface area contributed by atoms with E-state index in [2.05, 4.69) is 48.2 Å². The molecular weight excluding hydrogens is 258 g/mol. The smallest absolute Gasteiger partial charge is 0.0270 e. The standard InChI is InChI=1S/C18H31N3/c1-4-18(5-2,14-20-17-6-7-17)15-21(3)13-10-16-8-11-19-12-9-16/h8-9,11-12,17,20H,4-7,10,13-15H2,1-3H3. The Morgan fingerprint density at radius 2 is 1.90 bits per heavy atom. The first-order valence-electron chi connectivity index (χ1n) is 8.48. The second kappa shape index (κ2) is 7.90. The SMILES string of the molecule is CCC(CC)(CNC1CC1)CN(C)CCc1ccncc1. The number of nitrogens with one attached hydrogen (secondary N) is 1. The molecule has 0 aromatic carbocycles. The number of rotatable bonds is 10. The second-order valence-electron chi connectivity index (χ2n) is 6.71. The fraction of sp³-hybridized carbons (Fsp3) is 0.722. The Morgan fingerprint density at radius 3 is 2.48 bits per heavy atom. The van der Waals surface area contributed by atoms with Crippen molar-refractivity contribution in [3.8, 4) is 0 Å². The number of pyridine rings is 1. The molecule has 2 rings (SSSR count). The summed E-state index contributed by atoms with van der Waals surface area (Å²) in [6.45, 7) is 8.16. The van der Waals surface area contributed by atoms with E-state index in [4.69, 9.17) is 0 Å². The quantitative estimate of drug-likeness (QED) is 0.717. The Kier molecular flexibility index (Phi) is 6.19. The van der Waals surface area contributed by atoms with Gasteiger partial charge in [0.05, 0.1) is 0 Å². The van der Waals surface area contributed by atoms with Crippen LogP contribution in [0, 0.1) is 5.41 Å². The molecule has 1 saturated carbocycles. The first-order valence-corrected chi connectivity index (χ1v) is 8.48. The van der Waals surface area contributed by atoms with Crippen LogP contribution in [-0.2, 0) is 6.42 Å². The number of nitrogens with zero attached hydrogens (tertiary/aromatic N) is 2. The summed E-state index contributed by atoms with van der Waals surface area (Å²) in [6.07, 6.45) is 10.1. The number of hydrogen-bond donors (Lipinski definition) is 1. The average molecular weight is 289 g/mol. The van der Waals surface area contributed by atoms with E-state index < -0.39 is 0 Å². The van der Waals surface area contributed by atoms with Crippen LogP contribution in [-0.4, -0.2) is 42.6 Å². The van der Waals surface area contributed by atoms with E-state index in [1.54, 1.807) is 0 Å². The van der Waals surface area contributed by atoms with Crippen molar-refractivity contribution in [3.63, 3.8) is 0 Å².